The van der Waals surface area contributed by atoms with Gasteiger partial charge in [0.2, 0.25) is 0 Å². The van der Waals surface area contributed by atoms with Crippen molar-refractivity contribution < 1.29 is 0 Å². The lowest BCUT2D eigenvalue weighted by atomic mass is 10.7. The summed E-state index contributed by atoms with van der Waals surface area (Å²) in [6, 6.07) is 1.91. The number of thiol groups is 1. The van der Waals surface area contributed by atoms with Crippen molar-refractivity contribution in [1.29, 1.82) is 5.26 Å². The molecule has 0 aromatic rings. The number of nitrogens with one attached hydrogen (secondary N) is 1. The molecule has 0 unspecified atom stereocenters. The summed E-state index contributed by atoms with van der Waals surface area (Å²) in [6.45, 7) is 0.392. The van der Waals surface area contributed by atoms with Crippen LogP contribution in [0.5, 0.6) is 0 Å². The third kappa shape index (κ3) is 3.80. The monoisotopic (exact) mass is 102 g/mol. The smallest absolute Gasteiger partial charge is 0.0847 e. The maximum Gasteiger partial charge on any atom is 0.0847 e. The Hall–Kier alpha value is -0.200. The minimum absolute atomic E-state index is 0.392. The van der Waals surface area contributed by atoms with Gasteiger partial charge in [-0.2, -0.15) is 17.9 Å². The van der Waals surface area contributed by atoms with Crippen molar-refractivity contribution in [3.8, 4) is 6.07 Å². The first kappa shape index (κ1) is 5.80. The molecule has 0 radical (unpaired) electrons. The summed E-state index contributed by atoms with van der Waals surface area (Å²) in [7, 11) is 0. The highest BCUT2D eigenvalue weighted by atomic mass is 32.1. The highest BCUT2D eigenvalue weighted by Crippen LogP contribution is 1.59. The van der Waals surface area contributed by atoms with E-state index in [1.54, 1.807) is 0 Å². The van der Waals surface area contributed by atoms with Crippen molar-refractivity contribution in [3.63, 3.8) is 0 Å². The number of nitriles is 1. The van der Waals surface area contributed by atoms with Gasteiger partial charge in [-0.05, 0) is 0 Å². The van der Waals surface area contributed by atoms with E-state index >= 15 is 0 Å². The van der Waals surface area contributed by atoms with E-state index in [4.69, 9.17) is 5.26 Å². The average Bonchev–Trinajstić information content (AvgIpc) is 1.61. The molecule has 0 atom stereocenters. The van der Waals surface area contributed by atoms with Gasteiger partial charge < -0.3 is 0 Å². The molecule has 1 N–H and O–H groups in total. The number of nitrogens with zero attached hydrogens (tertiary/aromatic N) is 1. The van der Waals surface area contributed by atoms with Crippen molar-refractivity contribution in [2.45, 2.75) is 0 Å². The zero-order valence-electron chi connectivity index (χ0n) is 3.31. The van der Waals surface area contributed by atoms with E-state index in [1.807, 2.05) is 6.07 Å². The molecule has 0 fully saturated rings. The standard InChI is InChI=1S/C3H6N2S/c4-1-2-5-3-6/h5-6H,2-3H2. The Morgan fingerprint density at radius 1 is 1.83 bits per heavy atom. The van der Waals surface area contributed by atoms with Crippen molar-refractivity contribution in [2.24, 2.45) is 0 Å². The van der Waals surface area contributed by atoms with E-state index in [2.05, 4.69) is 17.9 Å². The highest BCUT2D eigenvalue weighted by Gasteiger charge is 1.70. The quantitative estimate of drug-likeness (QED) is 0.222. The van der Waals surface area contributed by atoms with Gasteiger partial charge in [-0.25, -0.2) is 0 Å². The van der Waals surface area contributed by atoms with Gasteiger partial charge in [0.1, 0.15) is 0 Å². The van der Waals surface area contributed by atoms with Crippen LogP contribution in [0, 0.1) is 11.3 Å². The lowest BCUT2D eigenvalue weighted by Crippen LogP contribution is -2.09. The van der Waals surface area contributed by atoms with Gasteiger partial charge >= 0.3 is 0 Å². The Balaban J connectivity index is 2.54. The molecule has 0 aromatic carbocycles. The maximum absolute atomic E-state index is 7.85. The second-order valence-corrected chi connectivity index (χ2v) is 1.06. The minimum atomic E-state index is 0.392. The Bertz CT molecular complexity index is 56.3. The Labute approximate surface area is 42.6 Å². The largest absolute Gasteiger partial charge is 0.296 e. The van der Waals surface area contributed by atoms with Gasteiger partial charge in [0.05, 0.1) is 12.6 Å². The molecule has 0 aliphatic heterocycles. The topological polar surface area (TPSA) is 35.8 Å². The molecule has 34 valence electrons. The lowest BCUT2D eigenvalue weighted by molar-refractivity contribution is 0.903. The summed E-state index contributed by atoms with van der Waals surface area (Å²) in [5.41, 5.74) is 0. The van der Waals surface area contributed by atoms with Gasteiger partial charge in [-0.3, -0.25) is 5.32 Å². The SMILES string of the molecule is N#CCNCS. The highest BCUT2D eigenvalue weighted by molar-refractivity contribution is 7.80. The van der Waals surface area contributed by atoms with Gasteiger partial charge in [0.15, 0.2) is 0 Å². The fourth-order valence-electron chi connectivity index (χ4n) is 0.112. The van der Waals surface area contributed by atoms with Crippen molar-refractivity contribution in [1.82, 2.24) is 5.32 Å². The molecule has 0 spiro atoms. The van der Waals surface area contributed by atoms with Crippen LogP contribution in [0.3, 0.4) is 0 Å². The molecule has 0 rings (SSSR count). The van der Waals surface area contributed by atoms with Crippen LogP contribution >= 0.6 is 12.6 Å². The van der Waals surface area contributed by atoms with E-state index in [9.17, 15) is 0 Å². The molecule has 0 aliphatic rings. The summed E-state index contributed by atoms with van der Waals surface area (Å²) >= 11 is 3.79. The molecular weight excluding hydrogens is 96.1 g/mol. The van der Waals surface area contributed by atoms with E-state index in [-0.39, 0.29) is 0 Å². The van der Waals surface area contributed by atoms with Crippen LogP contribution in [-0.2, 0) is 0 Å². The molecule has 0 bridgehead atoms. The molecule has 0 heterocycles. The molecule has 6 heavy (non-hydrogen) atoms. The van der Waals surface area contributed by atoms with Crippen molar-refractivity contribution >= 4 is 12.6 Å². The lowest BCUT2D eigenvalue weighted by Gasteiger charge is -1.83. The third-order valence-electron chi connectivity index (χ3n) is 0.316. The van der Waals surface area contributed by atoms with Gasteiger partial charge in [0.25, 0.3) is 0 Å². The van der Waals surface area contributed by atoms with Crippen LogP contribution in [0.25, 0.3) is 0 Å². The van der Waals surface area contributed by atoms with Crippen LogP contribution in [-0.4, -0.2) is 12.4 Å². The first-order chi connectivity index (χ1) is 2.91. The third-order valence-corrected chi connectivity index (χ3v) is 0.539. The van der Waals surface area contributed by atoms with E-state index in [1.165, 1.54) is 0 Å². The van der Waals surface area contributed by atoms with Crippen LogP contribution < -0.4 is 5.32 Å². The molecule has 3 heteroatoms. The predicted octanol–water partition coefficient (Wildman–Crippen LogP) is -0.0131. The fourth-order valence-corrected chi connectivity index (χ4v) is 0.224. The normalized spacial score (nSPS) is 7.33. The number of hydrogen-bond acceptors (Lipinski definition) is 3. The van der Waals surface area contributed by atoms with Crippen LogP contribution in [0.2, 0.25) is 0 Å². The second-order valence-electron chi connectivity index (χ2n) is 0.743. The summed E-state index contributed by atoms with van der Waals surface area (Å²) in [4.78, 5) is 0. The second kappa shape index (κ2) is 4.80. The number of hydrogen-bond donors (Lipinski definition) is 2. The van der Waals surface area contributed by atoms with Gasteiger partial charge in [0, 0.05) is 5.88 Å². The minimum Gasteiger partial charge on any atom is -0.296 e. The number of rotatable bonds is 2. The average molecular weight is 102 g/mol. The van der Waals surface area contributed by atoms with Gasteiger partial charge in [-0.15, -0.1) is 0 Å². The first-order valence-corrected chi connectivity index (χ1v) is 2.23. The summed E-state index contributed by atoms with van der Waals surface area (Å²) in [5.74, 6) is 0.577. The molecular formula is C3H6N2S. The predicted molar refractivity (Wildman–Crippen MR) is 27.5 cm³/mol. The van der Waals surface area contributed by atoms with Crippen LogP contribution in [0.4, 0.5) is 0 Å². The van der Waals surface area contributed by atoms with E-state index < -0.39 is 0 Å². The maximum atomic E-state index is 7.85. The summed E-state index contributed by atoms with van der Waals surface area (Å²) in [6.07, 6.45) is 0. The summed E-state index contributed by atoms with van der Waals surface area (Å²) in [5, 5.41) is 10.6. The van der Waals surface area contributed by atoms with E-state index in [0.29, 0.717) is 12.4 Å². The molecule has 0 saturated heterocycles. The van der Waals surface area contributed by atoms with Gasteiger partial charge in [-0.1, -0.05) is 0 Å². The molecule has 2 nitrogen and oxygen atoms in total. The Morgan fingerprint density at radius 3 is 2.67 bits per heavy atom. The molecule has 0 amide bonds. The first-order valence-electron chi connectivity index (χ1n) is 1.60. The zero-order chi connectivity index (χ0) is 4.83. The van der Waals surface area contributed by atoms with Crippen LogP contribution in [0.1, 0.15) is 0 Å². The molecule has 0 aromatic heterocycles. The zero-order valence-corrected chi connectivity index (χ0v) is 4.20. The molecule has 0 saturated carbocycles. The van der Waals surface area contributed by atoms with E-state index in [0.717, 1.165) is 0 Å². The fraction of sp³-hybridized carbons (Fsp3) is 0.667. The van der Waals surface area contributed by atoms with Crippen molar-refractivity contribution in [3.05, 3.63) is 0 Å². The molecule has 0 aliphatic carbocycles. The Kier molecular flexibility index (Phi) is 4.64. The van der Waals surface area contributed by atoms with Crippen molar-refractivity contribution in [2.75, 3.05) is 12.4 Å². The Morgan fingerprint density at radius 2 is 2.50 bits per heavy atom. The summed E-state index contributed by atoms with van der Waals surface area (Å²) < 4.78 is 0. The van der Waals surface area contributed by atoms with Crippen LogP contribution in [0.15, 0.2) is 0 Å².